The van der Waals surface area contributed by atoms with E-state index in [4.69, 9.17) is 0 Å². The quantitative estimate of drug-likeness (QED) is 0.363. The third kappa shape index (κ3) is 4.58. The van der Waals surface area contributed by atoms with Gasteiger partial charge in [-0.05, 0) is 79.0 Å². The highest BCUT2D eigenvalue weighted by molar-refractivity contribution is 14.1. The summed E-state index contributed by atoms with van der Waals surface area (Å²) >= 11 is 2.18. The van der Waals surface area contributed by atoms with Gasteiger partial charge in [0.15, 0.2) is 0 Å². The van der Waals surface area contributed by atoms with E-state index in [-0.39, 0.29) is 11.8 Å². The summed E-state index contributed by atoms with van der Waals surface area (Å²) in [4.78, 5) is 29.2. The molecule has 30 heavy (non-hydrogen) atoms. The number of rotatable bonds is 5. The van der Waals surface area contributed by atoms with Gasteiger partial charge >= 0.3 is 0 Å². The van der Waals surface area contributed by atoms with E-state index < -0.39 is 0 Å². The van der Waals surface area contributed by atoms with E-state index >= 15 is 0 Å². The lowest BCUT2D eigenvalue weighted by Gasteiger charge is -2.20. The highest BCUT2D eigenvalue weighted by Gasteiger charge is 2.27. The zero-order chi connectivity index (χ0) is 21.3. The number of imide groups is 1. The second-order valence-electron chi connectivity index (χ2n) is 8.01. The average molecular weight is 516 g/mol. The number of anilines is 1. The van der Waals surface area contributed by atoms with E-state index in [0.29, 0.717) is 22.7 Å². The van der Waals surface area contributed by atoms with E-state index in [9.17, 15) is 9.59 Å². The molecular formula is C23H25IN4O2. The third-order valence-electron chi connectivity index (χ3n) is 5.71. The Morgan fingerprint density at radius 1 is 1.13 bits per heavy atom. The van der Waals surface area contributed by atoms with Gasteiger partial charge in [-0.3, -0.25) is 19.8 Å². The van der Waals surface area contributed by atoms with Crippen molar-refractivity contribution in [3.63, 3.8) is 0 Å². The van der Waals surface area contributed by atoms with Crippen LogP contribution in [0, 0.1) is 3.57 Å². The molecule has 1 fully saturated rings. The number of likely N-dealkylation sites (tertiary alicyclic amines) is 1. The molecule has 156 valence electrons. The number of likely N-dealkylation sites (N-methyl/N-ethyl adjacent to an activating group) is 1. The summed E-state index contributed by atoms with van der Waals surface area (Å²) in [7, 11) is 4.29. The zero-order valence-corrected chi connectivity index (χ0v) is 19.3. The summed E-state index contributed by atoms with van der Waals surface area (Å²) in [6, 6.07) is 14.4. The molecule has 0 aliphatic carbocycles. The summed E-state index contributed by atoms with van der Waals surface area (Å²) in [5, 5.41) is 5.61. The normalized spacial score (nSPS) is 20.5. The van der Waals surface area contributed by atoms with Gasteiger partial charge in [0.25, 0.3) is 11.8 Å². The maximum absolute atomic E-state index is 12.4. The van der Waals surface area contributed by atoms with Crippen molar-refractivity contribution in [3.8, 4) is 0 Å². The first-order valence-electron chi connectivity index (χ1n) is 10.0. The van der Waals surface area contributed by atoms with E-state index in [1.807, 2.05) is 24.3 Å². The monoisotopic (exact) mass is 516 g/mol. The fourth-order valence-corrected chi connectivity index (χ4v) is 4.43. The maximum atomic E-state index is 12.4. The van der Waals surface area contributed by atoms with Crippen LogP contribution in [0.1, 0.15) is 27.9 Å². The van der Waals surface area contributed by atoms with Crippen LogP contribution in [-0.2, 0) is 11.3 Å². The van der Waals surface area contributed by atoms with Gasteiger partial charge < -0.3 is 10.2 Å². The van der Waals surface area contributed by atoms with Gasteiger partial charge in [0.2, 0.25) is 0 Å². The van der Waals surface area contributed by atoms with Crippen LogP contribution < -0.4 is 10.6 Å². The first kappa shape index (κ1) is 21.0. The zero-order valence-electron chi connectivity index (χ0n) is 17.1. The van der Waals surface area contributed by atoms with Crippen molar-refractivity contribution in [1.82, 2.24) is 15.1 Å². The van der Waals surface area contributed by atoms with Gasteiger partial charge in [-0.2, -0.15) is 0 Å². The largest absolute Gasteiger partial charge is 0.361 e. The molecule has 1 saturated heterocycles. The standard InChI is InChI=1S/C23H25IN4O2/c1-27(2)18-9-10-28(14-18)13-15-3-6-17(7-4-15)25-12-21-20-11-16(24)5-8-19(20)22(29)26-23(21)30/h3-8,11-12,18,25H,9-10,13-14H2,1-2H3,(H,26,29,30)/b21-12-. The summed E-state index contributed by atoms with van der Waals surface area (Å²) in [5.41, 5.74) is 3.80. The summed E-state index contributed by atoms with van der Waals surface area (Å²) < 4.78 is 0.975. The Bertz CT molecular complexity index is 1000. The molecule has 0 radical (unpaired) electrons. The fourth-order valence-electron chi connectivity index (χ4n) is 3.94. The Kier molecular flexibility index (Phi) is 6.21. The predicted octanol–water partition coefficient (Wildman–Crippen LogP) is 3.15. The second kappa shape index (κ2) is 8.87. The maximum Gasteiger partial charge on any atom is 0.260 e. The fraction of sp³-hybridized carbons (Fsp3) is 0.304. The molecule has 0 bridgehead atoms. The van der Waals surface area contributed by atoms with Crippen LogP contribution in [0.5, 0.6) is 0 Å². The van der Waals surface area contributed by atoms with Crippen LogP contribution in [0.3, 0.4) is 0 Å². The van der Waals surface area contributed by atoms with E-state index in [2.05, 4.69) is 69.3 Å². The van der Waals surface area contributed by atoms with Gasteiger partial charge in [0.1, 0.15) is 0 Å². The van der Waals surface area contributed by atoms with Crippen LogP contribution >= 0.6 is 22.6 Å². The third-order valence-corrected chi connectivity index (χ3v) is 6.38. The minimum absolute atomic E-state index is 0.355. The highest BCUT2D eigenvalue weighted by atomic mass is 127. The minimum atomic E-state index is -0.386. The summed E-state index contributed by atoms with van der Waals surface area (Å²) in [6.45, 7) is 3.17. The Balaban J connectivity index is 1.45. The minimum Gasteiger partial charge on any atom is -0.361 e. The van der Waals surface area contributed by atoms with E-state index in [1.165, 1.54) is 12.0 Å². The Hall–Kier alpha value is -2.23. The van der Waals surface area contributed by atoms with Crippen LogP contribution in [0.2, 0.25) is 0 Å². The van der Waals surface area contributed by atoms with Crippen LogP contribution in [0.4, 0.5) is 5.69 Å². The molecule has 1 atom stereocenters. The first-order chi connectivity index (χ1) is 14.4. The Morgan fingerprint density at radius 2 is 1.90 bits per heavy atom. The molecule has 6 nitrogen and oxygen atoms in total. The number of nitrogens with zero attached hydrogens (tertiary/aromatic N) is 2. The van der Waals surface area contributed by atoms with Crippen LogP contribution in [-0.4, -0.2) is 54.8 Å². The molecule has 4 rings (SSSR count). The molecule has 7 heteroatoms. The number of nitrogens with one attached hydrogen (secondary N) is 2. The van der Waals surface area contributed by atoms with Gasteiger partial charge in [-0.25, -0.2) is 0 Å². The molecule has 1 unspecified atom stereocenters. The Labute approximate surface area is 190 Å². The topological polar surface area (TPSA) is 64.7 Å². The number of hydrogen-bond donors (Lipinski definition) is 2. The van der Waals surface area contributed by atoms with Gasteiger partial charge in [-0.1, -0.05) is 12.1 Å². The number of carbonyl (C=O) groups is 2. The molecule has 0 saturated carbocycles. The Morgan fingerprint density at radius 3 is 2.60 bits per heavy atom. The van der Waals surface area contributed by atoms with Crippen molar-refractivity contribution in [3.05, 3.63) is 68.9 Å². The molecule has 2 amide bonds. The van der Waals surface area contributed by atoms with Crippen molar-refractivity contribution in [2.75, 3.05) is 32.5 Å². The van der Waals surface area contributed by atoms with Gasteiger partial charge in [0.05, 0.1) is 5.57 Å². The number of halogens is 1. The first-order valence-corrected chi connectivity index (χ1v) is 11.1. The number of benzene rings is 2. The molecule has 0 aromatic heterocycles. The second-order valence-corrected chi connectivity index (χ2v) is 9.26. The molecule has 2 aromatic rings. The summed E-state index contributed by atoms with van der Waals surface area (Å²) in [5.74, 6) is -0.741. The number of carbonyl (C=O) groups excluding carboxylic acids is 2. The predicted molar refractivity (Wildman–Crippen MR) is 127 cm³/mol. The van der Waals surface area contributed by atoms with Crippen molar-refractivity contribution in [2.24, 2.45) is 0 Å². The highest BCUT2D eigenvalue weighted by Crippen LogP contribution is 2.26. The van der Waals surface area contributed by atoms with Crippen molar-refractivity contribution >= 4 is 45.7 Å². The molecular weight excluding hydrogens is 491 g/mol. The lowest BCUT2D eigenvalue weighted by Crippen LogP contribution is -2.36. The molecule has 2 aromatic carbocycles. The van der Waals surface area contributed by atoms with Crippen LogP contribution in [0.15, 0.2) is 48.7 Å². The molecule has 2 heterocycles. The van der Waals surface area contributed by atoms with Crippen molar-refractivity contribution in [2.45, 2.75) is 19.0 Å². The van der Waals surface area contributed by atoms with Gasteiger partial charge in [0, 0.05) is 52.3 Å². The molecule has 2 aliphatic rings. The number of fused-ring (bicyclic) bond motifs is 1. The van der Waals surface area contributed by atoms with Crippen LogP contribution in [0.25, 0.3) is 5.57 Å². The van der Waals surface area contributed by atoms with E-state index in [1.54, 1.807) is 12.3 Å². The molecule has 0 spiro atoms. The lowest BCUT2D eigenvalue weighted by molar-refractivity contribution is -0.114. The van der Waals surface area contributed by atoms with Crippen molar-refractivity contribution in [1.29, 1.82) is 0 Å². The molecule has 2 aliphatic heterocycles. The van der Waals surface area contributed by atoms with E-state index in [0.717, 1.165) is 28.9 Å². The molecule has 2 N–H and O–H groups in total. The smallest absolute Gasteiger partial charge is 0.260 e. The average Bonchev–Trinajstić information content (AvgIpc) is 3.17. The van der Waals surface area contributed by atoms with Gasteiger partial charge in [-0.15, -0.1) is 0 Å². The number of amides is 2. The van der Waals surface area contributed by atoms with Crippen molar-refractivity contribution < 1.29 is 9.59 Å². The number of hydrogen-bond acceptors (Lipinski definition) is 5. The summed E-state index contributed by atoms with van der Waals surface area (Å²) in [6.07, 6.45) is 2.89. The SMILES string of the molecule is CN(C)C1CCN(Cc2ccc(N/C=C3\C(=O)NC(=O)c4ccc(I)cc43)cc2)C1. The lowest BCUT2D eigenvalue weighted by atomic mass is 9.95.